The van der Waals surface area contributed by atoms with Crippen LogP contribution in [0.15, 0.2) is 97.2 Å². The Labute approximate surface area is 483 Å². The van der Waals surface area contributed by atoms with Crippen LogP contribution in [-0.4, -0.2) is 37.2 Å². The van der Waals surface area contributed by atoms with Crippen LogP contribution < -0.4 is 0 Å². The number of rotatable bonds is 60. The second-order valence-corrected chi connectivity index (χ2v) is 22.0. The van der Waals surface area contributed by atoms with E-state index in [4.69, 9.17) is 14.2 Å². The van der Waals surface area contributed by atoms with E-state index >= 15 is 0 Å². The third-order valence-electron chi connectivity index (χ3n) is 14.3. The molecular weight excluding hydrogens is 961 g/mol. The fourth-order valence-electron chi connectivity index (χ4n) is 9.43. The molecule has 448 valence electrons. The highest BCUT2D eigenvalue weighted by molar-refractivity contribution is 5.71. The second kappa shape index (κ2) is 65.8. The molecule has 0 radical (unpaired) electrons. The normalized spacial score (nSPS) is 12.7. The highest BCUT2D eigenvalue weighted by Crippen LogP contribution is 2.17. The summed E-state index contributed by atoms with van der Waals surface area (Å²) in [6, 6.07) is 0. The Kier molecular flexibility index (Phi) is 62.7. The number of allylic oxidation sites excluding steroid dienone is 16. The van der Waals surface area contributed by atoms with Crippen LogP contribution in [-0.2, 0) is 28.6 Å². The van der Waals surface area contributed by atoms with E-state index in [2.05, 4.69) is 118 Å². The number of ether oxygens (including phenoxy) is 3. The Bertz CT molecular complexity index is 1530. The number of esters is 3. The van der Waals surface area contributed by atoms with Crippen LogP contribution in [0.4, 0.5) is 0 Å². The van der Waals surface area contributed by atoms with Crippen molar-refractivity contribution < 1.29 is 28.6 Å². The zero-order chi connectivity index (χ0) is 56.4. The maximum Gasteiger partial charge on any atom is 0.306 e. The van der Waals surface area contributed by atoms with E-state index in [0.29, 0.717) is 19.3 Å². The number of hydrogen-bond donors (Lipinski definition) is 0. The van der Waals surface area contributed by atoms with Crippen LogP contribution in [0.5, 0.6) is 0 Å². The van der Waals surface area contributed by atoms with Crippen molar-refractivity contribution in [2.75, 3.05) is 13.2 Å². The van der Waals surface area contributed by atoms with E-state index in [0.717, 1.165) is 109 Å². The summed E-state index contributed by atoms with van der Waals surface area (Å²) in [6.07, 6.45) is 88.5. The first-order valence-electron chi connectivity index (χ1n) is 33.2. The largest absolute Gasteiger partial charge is 0.462 e. The lowest BCUT2D eigenvalue weighted by molar-refractivity contribution is -0.167. The van der Waals surface area contributed by atoms with Crippen molar-refractivity contribution in [3.05, 3.63) is 97.2 Å². The number of unbranched alkanes of at least 4 members (excludes halogenated alkanes) is 33. The topological polar surface area (TPSA) is 78.9 Å². The summed E-state index contributed by atoms with van der Waals surface area (Å²) in [5.74, 6) is -0.868. The summed E-state index contributed by atoms with van der Waals surface area (Å²) in [6.45, 7) is 6.43. The number of carbonyl (C=O) groups is 3. The number of hydrogen-bond acceptors (Lipinski definition) is 6. The van der Waals surface area contributed by atoms with Gasteiger partial charge in [-0.3, -0.25) is 14.4 Å². The molecule has 0 amide bonds. The van der Waals surface area contributed by atoms with Gasteiger partial charge in [-0.1, -0.05) is 304 Å². The van der Waals surface area contributed by atoms with Gasteiger partial charge in [-0.2, -0.15) is 0 Å². The molecular formula is C72H124O6. The van der Waals surface area contributed by atoms with Gasteiger partial charge in [-0.15, -0.1) is 0 Å². The van der Waals surface area contributed by atoms with Gasteiger partial charge in [-0.05, 0) is 96.3 Å². The van der Waals surface area contributed by atoms with Crippen LogP contribution in [0.1, 0.15) is 323 Å². The van der Waals surface area contributed by atoms with Crippen LogP contribution in [0.25, 0.3) is 0 Å². The van der Waals surface area contributed by atoms with Gasteiger partial charge < -0.3 is 14.2 Å². The quantitative estimate of drug-likeness (QED) is 0.0261. The average Bonchev–Trinajstić information content (AvgIpc) is 3.44. The molecule has 0 aromatic rings. The monoisotopic (exact) mass is 1080 g/mol. The lowest BCUT2D eigenvalue weighted by atomic mass is 10.0. The molecule has 0 N–H and O–H groups in total. The van der Waals surface area contributed by atoms with Crippen LogP contribution >= 0.6 is 0 Å². The molecule has 1 unspecified atom stereocenters. The first kappa shape index (κ1) is 74.3. The van der Waals surface area contributed by atoms with Crippen molar-refractivity contribution in [2.24, 2.45) is 0 Å². The minimum atomic E-state index is -0.778. The van der Waals surface area contributed by atoms with Crippen molar-refractivity contribution in [2.45, 2.75) is 329 Å². The highest BCUT2D eigenvalue weighted by Gasteiger charge is 2.19. The van der Waals surface area contributed by atoms with E-state index < -0.39 is 6.10 Å². The van der Waals surface area contributed by atoms with E-state index in [9.17, 15) is 14.4 Å². The maximum absolute atomic E-state index is 12.9. The van der Waals surface area contributed by atoms with Gasteiger partial charge in [0.1, 0.15) is 13.2 Å². The minimum Gasteiger partial charge on any atom is -0.462 e. The van der Waals surface area contributed by atoms with Crippen molar-refractivity contribution in [1.82, 2.24) is 0 Å². The summed E-state index contributed by atoms with van der Waals surface area (Å²) in [5, 5.41) is 0. The first-order valence-corrected chi connectivity index (χ1v) is 33.2. The Morgan fingerprint density at radius 3 is 0.782 bits per heavy atom. The fraction of sp³-hybridized carbons (Fsp3) is 0.736. The fourth-order valence-corrected chi connectivity index (χ4v) is 9.43. The Morgan fingerprint density at radius 1 is 0.269 bits per heavy atom. The predicted octanol–water partition coefficient (Wildman–Crippen LogP) is 22.8. The summed E-state index contributed by atoms with van der Waals surface area (Å²) in [7, 11) is 0. The SMILES string of the molecule is CC/C=C\C/C=C\C/C=C\C/C=C\CCCCCCCCCCCCCCC(=O)OCC(COC(=O)CCCCCCCCCCCC)OC(=O)CCCCCCCCCCCCCC/C=C\C/C=C\C/C=C\C/C=C\CC. The van der Waals surface area contributed by atoms with E-state index in [1.807, 2.05) is 0 Å². The highest BCUT2D eigenvalue weighted by atomic mass is 16.6. The third-order valence-corrected chi connectivity index (χ3v) is 14.3. The molecule has 0 saturated carbocycles. The molecule has 6 nitrogen and oxygen atoms in total. The van der Waals surface area contributed by atoms with Gasteiger partial charge in [0.25, 0.3) is 0 Å². The molecule has 0 heterocycles. The van der Waals surface area contributed by atoms with Gasteiger partial charge in [-0.25, -0.2) is 0 Å². The smallest absolute Gasteiger partial charge is 0.306 e. The lowest BCUT2D eigenvalue weighted by Gasteiger charge is -2.18. The summed E-state index contributed by atoms with van der Waals surface area (Å²) < 4.78 is 16.9. The standard InChI is InChI=1S/C72H124O6/c1-4-7-10-13-16-19-22-24-26-28-30-32-34-36-38-40-42-44-46-48-50-53-56-59-62-65-71(74)77-68-69(67-76-70(73)64-61-58-55-52-21-18-15-12-9-6-3)78-72(75)66-63-60-57-54-51-49-47-45-43-41-39-37-35-33-31-29-27-25-23-20-17-14-11-8-5-2/h7-8,10-11,16-17,19-20,24-27,30-33,69H,4-6,9,12-15,18,21-23,28-29,34-68H2,1-3H3/b10-7-,11-8-,19-16-,20-17-,26-24-,27-25-,32-30-,33-31-. The Morgan fingerprint density at radius 2 is 0.500 bits per heavy atom. The zero-order valence-electron chi connectivity index (χ0n) is 51.4. The van der Waals surface area contributed by atoms with Gasteiger partial charge in [0.2, 0.25) is 0 Å². The van der Waals surface area contributed by atoms with Crippen LogP contribution in [0.3, 0.4) is 0 Å². The molecule has 0 spiro atoms. The minimum absolute atomic E-state index is 0.0751. The Hall–Kier alpha value is -3.67. The van der Waals surface area contributed by atoms with E-state index in [1.54, 1.807) is 0 Å². The molecule has 0 aromatic carbocycles. The summed E-state index contributed by atoms with van der Waals surface area (Å²) in [5.41, 5.74) is 0. The summed E-state index contributed by atoms with van der Waals surface area (Å²) in [4.78, 5) is 38.3. The molecule has 0 aliphatic carbocycles. The maximum atomic E-state index is 12.9. The van der Waals surface area contributed by atoms with E-state index in [-0.39, 0.29) is 31.1 Å². The average molecular weight is 1090 g/mol. The molecule has 0 aliphatic heterocycles. The van der Waals surface area contributed by atoms with Crippen molar-refractivity contribution in [3.63, 3.8) is 0 Å². The molecule has 0 aromatic heterocycles. The lowest BCUT2D eigenvalue weighted by Crippen LogP contribution is -2.30. The van der Waals surface area contributed by atoms with Crippen LogP contribution in [0, 0.1) is 0 Å². The van der Waals surface area contributed by atoms with E-state index in [1.165, 1.54) is 173 Å². The molecule has 0 rings (SSSR count). The van der Waals surface area contributed by atoms with Crippen molar-refractivity contribution in [1.29, 1.82) is 0 Å². The summed E-state index contributed by atoms with van der Waals surface area (Å²) >= 11 is 0. The predicted molar refractivity (Wildman–Crippen MR) is 339 cm³/mol. The van der Waals surface area contributed by atoms with Crippen molar-refractivity contribution >= 4 is 17.9 Å². The molecule has 1 atom stereocenters. The molecule has 0 saturated heterocycles. The second-order valence-electron chi connectivity index (χ2n) is 22.0. The third kappa shape index (κ3) is 63.2. The molecule has 0 aliphatic rings. The zero-order valence-corrected chi connectivity index (χ0v) is 51.4. The van der Waals surface area contributed by atoms with Crippen LogP contribution in [0.2, 0.25) is 0 Å². The molecule has 6 heteroatoms. The number of carbonyl (C=O) groups excluding carboxylic acids is 3. The Balaban J connectivity index is 4.22. The van der Waals surface area contributed by atoms with Gasteiger partial charge in [0, 0.05) is 19.3 Å². The van der Waals surface area contributed by atoms with Gasteiger partial charge >= 0.3 is 17.9 Å². The van der Waals surface area contributed by atoms with Gasteiger partial charge in [0.05, 0.1) is 0 Å². The molecule has 0 bridgehead atoms. The van der Waals surface area contributed by atoms with Gasteiger partial charge in [0.15, 0.2) is 6.10 Å². The molecule has 78 heavy (non-hydrogen) atoms. The first-order chi connectivity index (χ1) is 38.5. The molecule has 0 fully saturated rings. The van der Waals surface area contributed by atoms with Crippen molar-refractivity contribution in [3.8, 4) is 0 Å².